The number of halogens is 2. The number of hydrogen-bond donors (Lipinski definition) is 1. The summed E-state index contributed by atoms with van der Waals surface area (Å²) in [6.45, 7) is 3.46. The molecule has 0 radical (unpaired) electrons. The third-order valence-electron chi connectivity index (χ3n) is 2.47. The van der Waals surface area contributed by atoms with Crippen LogP contribution in [0.25, 0.3) is 0 Å². The van der Waals surface area contributed by atoms with Crippen LogP contribution in [-0.2, 0) is 9.84 Å². The summed E-state index contributed by atoms with van der Waals surface area (Å²) in [4.78, 5) is 0. The van der Waals surface area contributed by atoms with Crippen LogP contribution in [0.15, 0.2) is 24.3 Å². The van der Waals surface area contributed by atoms with Crippen molar-refractivity contribution in [1.29, 1.82) is 0 Å². The molecule has 0 aliphatic carbocycles. The minimum atomic E-state index is -3.40. The van der Waals surface area contributed by atoms with E-state index in [1.807, 2.05) is 13.0 Å². The first kappa shape index (κ1) is 15.4. The molecular formula is C11H14BrIO3S. The van der Waals surface area contributed by atoms with Crippen molar-refractivity contribution in [2.24, 2.45) is 0 Å². The van der Waals surface area contributed by atoms with Gasteiger partial charge in [0.05, 0.1) is 0 Å². The average Bonchev–Trinajstić information content (AvgIpc) is 2.27. The molecule has 0 aliphatic heterocycles. The molecule has 0 unspecified atom stereocenters. The normalized spacial score (nSPS) is 17.5. The Morgan fingerprint density at radius 2 is 2.12 bits per heavy atom. The topological polar surface area (TPSA) is 54.4 Å². The van der Waals surface area contributed by atoms with E-state index in [0.29, 0.717) is 5.56 Å². The van der Waals surface area contributed by atoms with Gasteiger partial charge in [0.2, 0.25) is 1.66 Å². The highest BCUT2D eigenvalue weighted by molar-refractivity contribution is 14.1. The Balaban J connectivity index is 3.17. The molecule has 1 aromatic rings. The summed E-state index contributed by atoms with van der Waals surface area (Å²) in [7, 11) is -3.40. The number of aryl methyl sites for hydroxylation is 1. The fraction of sp³-hybridized carbons (Fsp3) is 0.455. The Bertz CT molecular complexity index is 499. The van der Waals surface area contributed by atoms with Gasteiger partial charge in [-0.3, -0.25) is 0 Å². The molecule has 96 valence electrons. The van der Waals surface area contributed by atoms with Crippen LogP contribution in [0.5, 0.6) is 0 Å². The zero-order chi connectivity index (χ0) is 13.3. The van der Waals surface area contributed by atoms with Crippen molar-refractivity contribution in [1.82, 2.24) is 0 Å². The quantitative estimate of drug-likeness (QED) is 0.587. The van der Waals surface area contributed by atoms with Gasteiger partial charge in [0.1, 0.15) is 6.10 Å². The number of alkyl halides is 2. The highest BCUT2D eigenvalue weighted by Crippen LogP contribution is 2.45. The molecule has 2 atom stereocenters. The molecule has 0 saturated heterocycles. The Hall–Kier alpha value is 0.340. The summed E-state index contributed by atoms with van der Waals surface area (Å²) >= 11 is 4.88. The number of benzene rings is 1. The van der Waals surface area contributed by atoms with Gasteiger partial charge >= 0.3 is 0 Å². The van der Waals surface area contributed by atoms with E-state index >= 15 is 0 Å². The molecule has 0 fully saturated rings. The van der Waals surface area contributed by atoms with E-state index < -0.39 is 17.6 Å². The molecule has 17 heavy (non-hydrogen) atoms. The molecule has 0 heterocycles. The Kier molecular flexibility index (Phi) is 5.02. The van der Waals surface area contributed by atoms with Crippen molar-refractivity contribution in [3.63, 3.8) is 0 Å². The van der Waals surface area contributed by atoms with E-state index in [9.17, 15) is 13.5 Å². The second-order valence-electron chi connectivity index (χ2n) is 3.78. The molecule has 3 nitrogen and oxygen atoms in total. The van der Waals surface area contributed by atoms with Gasteiger partial charge in [-0.25, -0.2) is 8.42 Å². The van der Waals surface area contributed by atoms with Crippen LogP contribution in [0.1, 0.15) is 24.2 Å². The van der Waals surface area contributed by atoms with Gasteiger partial charge in [0.25, 0.3) is 0 Å². The summed E-state index contributed by atoms with van der Waals surface area (Å²) in [5.41, 5.74) is 1.57. The van der Waals surface area contributed by atoms with Gasteiger partial charge in [-0.15, -0.1) is 0 Å². The standard InChI is InChI=1S/C11H14BrIO3S/c1-3-17(15,16)11(12,13)10(14)9-6-4-5-8(2)7-9/h4-7,10,14H,3H2,1-2H3/t10-,11+/m0/s1. The van der Waals surface area contributed by atoms with Crippen molar-refractivity contribution in [2.45, 2.75) is 21.6 Å². The summed E-state index contributed by atoms with van der Waals surface area (Å²) in [5, 5.41) is 10.2. The number of aliphatic hydroxyl groups excluding tert-OH is 1. The smallest absolute Gasteiger partial charge is 0.207 e. The van der Waals surface area contributed by atoms with E-state index in [2.05, 4.69) is 15.9 Å². The lowest BCUT2D eigenvalue weighted by Crippen LogP contribution is -2.33. The molecule has 1 N–H and O–H groups in total. The summed E-state index contributed by atoms with van der Waals surface area (Å²) in [6.07, 6.45) is -1.10. The largest absolute Gasteiger partial charge is 0.385 e. The van der Waals surface area contributed by atoms with Gasteiger partial charge < -0.3 is 5.11 Å². The summed E-state index contributed by atoms with van der Waals surface area (Å²) < 4.78 is 22.4. The van der Waals surface area contributed by atoms with Crippen LogP contribution in [0.3, 0.4) is 0 Å². The summed E-state index contributed by atoms with van der Waals surface area (Å²) in [6, 6.07) is 7.20. The summed E-state index contributed by atoms with van der Waals surface area (Å²) in [5.74, 6) is -0.0237. The maximum absolute atomic E-state index is 11.9. The van der Waals surface area contributed by atoms with Crippen molar-refractivity contribution < 1.29 is 13.5 Å². The van der Waals surface area contributed by atoms with Crippen LogP contribution in [0, 0.1) is 6.92 Å². The minimum absolute atomic E-state index is 0.0237. The molecule has 0 aliphatic rings. The monoisotopic (exact) mass is 432 g/mol. The molecule has 0 bridgehead atoms. The maximum atomic E-state index is 11.9. The van der Waals surface area contributed by atoms with Crippen molar-refractivity contribution in [3.8, 4) is 0 Å². The number of sulfone groups is 1. The van der Waals surface area contributed by atoms with E-state index in [0.717, 1.165) is 5.56 Å². The van der Waals surface area contributed by atoms with Gasteiger partial charge in [0, 0.05) is 5.75 Å². The zero-order valence-electron chi connectivity index (χ0n) is 9.52. The van der Waals surface area contributed by atoms with Gasteiger partial charge in [0.15, 0.2) is 9.84 Å². The predicted molar refractivity (Wildman–Crippen MR) is 81.3 cm³/mol. The van der Waals surface area contributed by atoms with Gasteiger partial charge in [-0.1, -0.05) is 52.7 Å². The molecule has 0 aromatic heterocycles. The van der Waals surface area contributed by atoms with Crippen molar-refractivity contribution in [2.75, 3.05) is 5.75 Å². The van der Waals surface area contributed by atoms with E-state index in [4.69, 9.17) is 0 Å². The maximum Gasteiger partial charge on any atom is 0.207 e. The Morgan fingerprint density at radius 1 is 1.53 bits per heavy atom. The first-order valence-corrected chi connectivity index (χ1v) is 8.59. The van der Waals surface area contributed by atoms with Crippen molar-refractivity contribution >= 4 is 48.4 Å². The third-order valence-corrected chi connectivity index (χ3v) is 8.80. The lowest BCUT2D eigenvalue weighted by atomic mass is 10.1. The van der Waals surface area contributed by atoms with Crippen LogP contribution >= 0.6 is 38.5 Å². The second-order valence-corrected chi connectivity index (χ2v) is 11.9. The SMILES string of the molecule is CCS(=O)(=O)[C@](Br)(I)[C@@H](O)c1cccc(C)c1. The Labute approximate surface area is 124 Å². The van der Waals surface area contributed by atoms with Crippen LogP contribution in [0.2, 0.25) is 0 Å². The lowest BCUT2D eigenvalue weighted by Gasteiger charge is -2.26. The molecule has 1 rings (SSSR count). The fourth-order valence-corrected chi connectivity index (χ4v) is 4.50. The number of rotatable bonds is 4. The molecule has 0 spiro atoms. The second kappa shape index (κ2) is 5.54. The molecule has 1 aromatic carbocycles. The van der Waals surface area contributed by atoms with Gasteiger partial charge in [-0.05, 0) is 35.1 Å². The first-order valence-electron chi connectivity index (χ1n) is 5.07. The molecular weight excluding hydrogens is 419 g/mol. The Morgan fingerprint density at radius 3 is 2.59 bits per heavy atom. The van der Waals surface area contributed by atoms with E-state index in [1.165, 1.54) is 0 Å². The van der Waals surface area contributed by atoms with Crippen molar-refractivity contribution in [3.05, 3.63) is 35.4 Å². The van der Waals surface area contributed by atoms with Gasteiger partial charge in [-0.2, -0.15) is 0 Å². The van der Waals surface area contributed by atoms with Crippen LogP contribution in [-0.4, -0.2) is 20.9 Å². The molecule has 0 saturated carbocycles. The minimum Gasteiger partial charge on any atom is -0.385 e. The first-order chi connectivity index (χ1) is 7.72. The average molecular weight is 433 g/mol. The number of aliphatic hydroxyl groups is 1. The number of hydrogen-bond acceptors (Lipinski definition) is 3. The molecule has 6 heteroatoms. The van der Waals surface area contributed by atoms with Crippen LogP contribution in [0.4, 0.5) is 0 Å². The fourth-order valence-electron chi connectivity index (χ4n) is 1.40. The van der Waals surface area contributed by atoms with E-state index in [1.54, 1.807) is 47.7 Å². The highest BCUT2D eigenvalue weighted by atomic mass is 127. The van der Waals surface area contributed by atoms with Crippen LogP contribution < -0.4 is 0 Å². The van der Waals surface area contributed by atoms with E-state index in [-0.39, 0.29) is 5.75 Å². The highest BCUT2D eigenvalue weighted by Gasteiger charge is 2.45. The predicted octanol–water partition coefficient (Wildman–Crippen LogP) is 2.95. The third kappa shape index (κ3) is 3.21. The molecule has 0 amide bonds. The zero-order valence-corrected chi connectivity index (χ0v) is 14.1. The lowest BCUT2D eigenvalue weighted by molar-refractivity contribution is 0.191.